The van der Waals surface area contributed by atoms with E-state index in [0.29, 0.717) is 46.9 Å². The number of anilines is 1. The van der Waals surface area contributed by atoms with Crippen molar-refractivity contribution in [1.29, 1.82) is 5.41 Å². The summed E-state index contributed by atoms with van der Waals surface area (Å²) in [6.45, 7) is 3.59. The Kier molecular flexibility index (Phi) is 7.99. The minimum atomic E-state index is -4.49. The van der Waals surface area contributed by atoms with E-state index in [1.807, 2.05) is 0 Å². The molecular formula is C21H21Cl2F3N2O. The van der Waals surface area contributed by atoms with E-state index < -0.39 is 11.7 Å². The molecule has 0 aliphatic rings. The zero-order chi connectivity index (χ0) is 21.6. The summed E-state index contributed by atoms with van der Waals surface area (Å²) in [7, 11) is 0. The van der Waals surface area contributed by atoms with Crippen molar-refractivity contribution >= 4 is 34.6 Å². The normalized spacial score (nSPS) is 11.3. The zero-order valence-corrected chi connectivity index (χ0v) is 17.1. The summed E-state index contributed by atoms with van der Waals surface area (Å²) >= 11 is 12.0. The van der Waals surface area contributed by atoms with Crippen LogP contribution in [0.25, 0.3) is 0 Å². The van der Waals surface area contributed by atoms with Crippen LogP contribution in [0.15, 0.2) is 48.7 Å². The number of hydrogen-bond acceptors (Lipinski definition) is 3. The van der Waals surface area contributed by atoms with Gasteiger partial charge < -0.3 is 15.8 Å². The minimum Gasteiger partial charge on any atom is -0.513 e. The van der Waals surface area contributed by atoms with Gasteiger partial charge in [0.15, 0.2) is 0 Å². The van der Waals surface area contributed by atoms with Crippen LogP contribution in [0.1, 0.15) is 42.4 Å². The van der Waals surface area contributed by atoms with E-state index in [-0.39, 0.29) is 23.7 Å². The number of allylic oxidation sites excluding steroid dienone is 1. The number of nitrogens with one attached hydrogen (secondary N) is 2. The Morgan fingerprint density at radius 3 is 2.38 bits per heavy atom. The molecule has 2 aromatic carbocycles. The van der Waals surface area contributed by atoms with Crippen molar-refractivity contribution in [3.05, 3.63) is 75.5 Å². The molecule has 0 bridgehead atoms. The molecule has 0 amide bonds. The van der Waals surface area contributed by atoms with Crippen molar-refractivity contribution in [1.82, 2.24) is 0 Å². The topological polar surface area (TPSA) is 56.1 Å². The molecule has 3 N–H and O–H groups in total. The monoisotopic (exact) mass is 444 g/mol. The Morgan fingerprint density at radius 1 is 1.07 bits per heavy atom. The largest absolute Gasteiger partial charge is 0.513 e. The van der Waals surface area contributed by atoms with Crippen LogP contribution in [-0.2, 0) is 12.7 Å². The number of hydrogen-bond donors (Lipinski definition) is 3. The lowest BCUT2D eigenvalue weighted by Crippen LogP contribution is -2.11. The third kappa shape index (κ3) is 6.98. The molecule has 0 aromatic heterocycles. The van der Waals surface area contributed by atoms with Gasteiger partial charge in [0.05, 0.1) is 11.3 Å². The average molecular weight is 445 g/mol. The van der Waals surface area contributed by atoms with Crippen molar-refractivity contribution < 1.29 is 18.3 Å². The van der Waals surface area contributed by atoms with Gasteiger partial charge in [-0.25, -0.2) is 0 Å². The number of halogens is 5. The van der Waals surface area contributed by atoms with E-state index >= 15 is 0 Å². The Hall–Kier alpha value is -2.18. The Bertz CT molecular complexity index is 898. The lowest BCUT2D eigenvalue weighted by molar-refractivity contribution is -0.137. The highest BCUT2D eigenvalue weighted by Gasteiger charge is 2.31. The van der Waals surface area contributed by atoms with E-state index in [2.05, 4.69) is 11.9 Å². The SMILES string of the molecule is C=C(O)CCCCC(=N)c1ccc(C(F)(F)F)cc1NCc1ccc(Cl)cc1Cl. The van der Waals surface area contributed by atoms with Gasteiger partial charge in [0, 0.05) is 40.0 Å². The second kappa shape index (κ2) is 10.0. The third-order valence-electron chi connectivity index (χ3n) is 4.30. The molecule has 2 rings (SSSR count). The molecule has 0 unspecified atom stereocenters. The van der Waals surface area contributed by atoms with E-state index in [4.69, 9.17) is 33.7 Å². The molecule has 8 heteroatoms. The Morgan fingerprint density at radius 2 is 1.76 bits per heavy atom. The highest BCUT2D eigenvalue weighted by atomic mass is 35.5. The molecular weight excluding hydrogens is 424 g/mol. The van der Waals surface area contributed by atoms with Gasteiger partial charge in [-0.2, -0.15) is 13.2 Å². The number of aliphatic hydroxyl groups excluding tert-OH is 1. The molecule has 0 radical (unpaired) electrons. The van der Waals surface area contributed by atoms with Gasteiger partial charge in [0.2, 0.25) is 0 Å². The molecule has 156 valence electrons. The molecule has 29 heavy (non-hydrogen) atoms. The van der Waals surface area contributed by atoms with E-state index in [0.717, 1.165) is 12.1 Å². The quantitative estimate of drug-likeness (QED) is 0.211. The fourth-order valence-electron chi connectivity index (χ4n) is 2.75. The fourth-order valence-corrected chi connectivity index (χ4v) is 3.23. The molecule has 3 nitrogen and oxygen atoms in total. The molecule has 0 aliphatic heterocycles. The van der Waals surface area contributed by atoms with Crippen LogP contribution in [0.4, 0.5) is 18.9 Å². The molecule has 0 fully saturated rings. The predicted octanol–water partition coefficient (Wildman–Crippen LogP) is 7.62. The summed E-state index contributed by atoms with van der Waals surface area (Å²) in [5.74, 6) is 0.0771. The first-order valence-electron chi connectivity index (χ1n) is 8.91. The second-order valence-electron chi connectivity index (χ2n) is 6.60. The Balaban J connectivity index is 2.21. The molecule has 0 spiro atoms. The molecule has 0 saturated carbocycles. The Labute approximate surface area is 177 Å². The maximum absolute atomic E-state index is 13.1. The third-order valence-corrected chi connectivity index (χ3v) is 4.89. The van der Waals surface area contributed by atoms with Crippen LogP contribution in [-0.4, -0.2) is 10.8 Å². The van der Waals surface area contributed by atoms with Crippen molar-refractivity contribution in [3.8, 4) is 0 Å². The molecule has 2 aromatic rings. The van der Waals surface area contributed by atoms with Gasteiger partial charge in [-0.3, -0.25) is 0 Å². The number of benzene rings is 2. The van der Waals surface area contributed by atoms with Gasteiger partial charge in [-0.15, -0.1) is 0 Å². The standard InChI is InChI=1S/C21H21Cl2F3N2O/c1-13(29)4-2-3-5-19(27)17-9-7-15(21(24,25)26)10-20(17)28-12-14-6-8-16(22)11-18(14)23/h6-11,27-29H,1-5,12H2. The number of aliphatic hydroxyl groups is 1. The van der Waals surface area contributed by atoms with Crippen molar-refractivity contribution in [3.63, 3.8) is 0 Å². The van der Waals surface area contributed by atoms with Crippen molar-refractivity contribution in [2.75, 3.05) is 5.32 Å². The maximum atomic E-state index is 13.1. The number of rotatable bonds is 9. The van der Waals surface area contributed by atoms with Crippen LogP contribution < -0.4 is 5.32 Å². The summed E-state index contributed by atoms with van der Waals surface area (Å²) < 4.78 is 39.4. The van der Waals surface area contributed by atoms with E-state index in [1.54, 1.807) is 18.2 Å². The summed E-state index contributed by atoms with van der Waals surface area (Å²) in [4.78, 5) is 0. The summed E-state index contributed by atoms with van der Waals surface area (Å²) in [6.07, 6.45) is -2.44. The summed E-state index contributed by atoms with van der Waals surface area (Å²) in [5.41, 5.74) is 0.697. The van der Waals surface area contributed by atoms with Gasteiger partial charge in [-0.1, -0.05) is 41.9 Å². The maximum Gasteiger partial charge on any atom is 0.416 e. The molecule has 0 heterocycles. The highest BCUT2D eigenvalue weighted by Crippen LogP contribution is 2.33. The first kappa shape index (κ1) is 23.1. The first-order valence-corrected chi connectivity index (χ1v) is 9.67. The first-order chi connectivity index (χ1) is 13.6. The van der Waals surface area contributed by atoms with E-state index in [1.165, 1.54) is 6.07 Å². The number of unbranched alkanes of at least 4 members (excludes halogenated alkanes) is 1. The van der Waals surface area contributed by atoms with Gasteiger partial charge in [0.25, 0.3) is 0 Å². The van der Waals surface area contributed by atoms with Gasteiger partial charge >= 0.3 is 6.18 Å². The van der Waals surface area contributed by atoms with Crippen LogP contribution in [0, 0.1) is 5.41 Å². The highest BCUT2D eigenvalue weighted by molar-refractivity contribution is 6.35. The summed E-state index contributed by atoms with van der Waals surface area (Å²) in [5, 5.41) is 21.2. The average Bonchev–Trinajstić information content (AvgIpc) is 2.63. The van der Waals surface area contributed by atoms with Crippen LogP contribution in [0.3, 0.4) is 0 Å². The lowest BCUT2D eigenvalue weighted by atomic mass is 9.99. The molecule has 0 saturated heterocycles. The smallest absolute Gasteiger partial charge is 0.416 e. The second-order valence-corrected chi connectivity index (χ2v) is 7.44. The van der Waals surface area contributed by atoms with E-state index in [9.17, 15) is 13.2 Å². The lowest BCUT2D eigenvalue weighted by Gasteiger charge is -2.17. The van der Waals surface area contributed by atoms with Gasteiger partial charge in [0.1, 0.15) is 0 Å². The fraction of sp³-hybridized carbons (Fsp3) is 0.286. The van der Waals surface area contributed by atoms with Crippen LogP contribution >= 0.6 is 23.2 Å². The van der Waals surface area contributed by atoms with Crippen molar-refractivity contribution in [2.45, 2.75) is 38.4 Å². The number of alkyl halides is 3. The summed E-state index contributed by atoms with van der Waals surface area (Å²) in [6, 6.07) is 8.18. The van der Waals surface area contributed by atoms with Crippen molar-refractivity contribution in [2.24, 2.45) is 0 Å². The van der Waals surface area contributed by atoms with Crippen LogP contribution in [0.5, 0.6) is 0 Å². The molecule has 0 atom stereocenters. The minimum absolute atomic E-state index is 0.0771. The predicted molar refractivity (Wildman–Crippen MR) is 112 cm³/mol. The zero-order valence-electron chi connectivity index (χ0n) is 15.5. The van der Waals surface area contributed by atoms with Gasteiger partial charge in [-0.05, 0) is 49.1 Å². The molecule has 0 aliphatic carbocycles. The van der Waals surface area contributed by atoms with Crippen LogP contribution in [0.2, 0.25) is 10.0 Å².